The van der Waals surface area contributed by atoms with Gasteiger partial charge in [-0.25, -0.2) is 0 Å². The van der Waals surface area contributed by atoms with Gasteiger partial charge in [0.1, 0.15) is 0 Å². The Kier molecular flexibility index (Phi) is 3.98. The van der Waals surface area contributed by atoms with E-state index in [-0.39, 0.29) is 18.6 Å². The number of rotatable bonds is 2. The smallest absolute Gasteiger partial charge is 0.0602 e. The number of nitrogens with zero attached hydrogens (tertiary/aromatic N) is 1. The van der Waals surface area contributed by atoms with Crippen molar-refractivity contribution in [1.29, 1.82) is 0 Å². The second-order valence-corrected chi connectivity index (χ2v) is 3.52. The van der Waals surface area contributed by atoms with E-state index in [1.165, 1.54) is 0 Å². The molecule has 1 saturated heterocycles. The van der Waals surface area contributed by atoms with Crippen LogP contribution in [0.2, 0.25) is 0 Å². The quantitative estimate of drug-likeness (QED) is 0.621. The number of likely N-dealkylation sites (tertiary alicyclic amines) is 1. The van der Waals surface area contributed by atoms with Crippen LogP contribution in [-0.4, -0.2) is 47.5 Å². The lowest BCUT2D eigenvalue weighted by Crippen LogP contribution is -2.24. The van der Waals surface area contributed by atoms with E-state index in [0.29, 0.717) is 0 Å². The topological polar surface area (TPSA) is 43.7 Å². The molecule has 0 aromatic carbocycles. The molecule has 0 aromatic heterocycles. The summed E-state index contributed by atoms with van der Waals surface area (Å²) < 4.78 is 0. The van der Waals surface area contributed by atoms with E-state index in [0.717, 1.165) is 32.5 Å². The summed E-state index contributed by atoms with van der Waals surface area (Å²) in [5.74, 6) is 0.0987. The minimum absolute atomic E-state index is 0.0987. The molecule has 12 heavy (non-hydrogen) atoms. The third kappa shape index (κ3) is 2.44. The van der Waals surface area contributed by atoms with Gasteiger partial charge in [0.25, 0.3) is 0 Å². The van der Waals surface area contributed by atoms with Gasteiger partial charge in [0.2, 0.25) is 0 Å². The molecule has 1 fully saturated rings. The molecule has 72 valence electrons. The minimum atomic E-state index is -0.299. The molecule has 0 saturated carbocycles. The van der Waals surface area contributed by atoms with Gasteiger partial charge in [0, 0.05) is 19.1 Å². The van der Waals surface area contributed by atoms with Crippen molar-refractivity contribution in [2.75, 3.05) is 26.2 Å². The van der Waals surface area contributed by atoms with Gasteiger partial charge in [-0.1, -0.05) is 6.92 Å². The zero-order valence-electron chi connectivity index (χ0n) is 7.74. The molecular weight excluding hydrogens is 154 g/mol. The molecule has 0 amide bonds. The van der Waals surface area contributed by atoms with Crippen molar-refractivity contribution in [2.45, 2.75) is 25.9 Å². The molecule has 3 nitrogen and oxygen atoms in total. The molecule has 2 N–H and O–H groups in total. The molecule has 1 aliphatic heterocycles. The lowest BCUT2D eigenvalue weighted by atomic mass is 9.99. The molecule has 0 spiro atoms. The van der Waals surface area contributed by atoms with Crippen LogP contribution >= 0.6 is 0 Å². The summed E-state index contributed by atoms with van der Waals surface area (Å²) in [6.45, 7) is 5.28. The van der Waals surface area contributed by atoms with Crippen molar-refractivity contribution in [3.63, 3.8) is 0 Å². The molecule has 1 heterocycles. The van der Waals surface area contributed by atoms with Crippen molar-refractivity contribution in [2.24, 2.45) is 5.92 Å². The first-order valence-corrected chi connectivity index (χ1v) is 4.79. The summed E-state index contributed by atoms with van der Waals surface area (Å²) in [5, 5.41) is 18.5. The van der Waals surface area contributed by atoms with Gasteiger partial charge in [-0.15, -0.1) is 0 Å². The molecule has 0 aromatic rings. The largest absolute Gasteiger partial charge is 0.396 e. The Bertz CT molecular complexity index is 130. The molecule has 0 aliphatic carbocycles. The predicted octanol–water partition coefficient (Wildman–Crippen LogP) is 0.0715. The Labute approximate surface area is 74.0 Å². The van der Waals surface area contributed by atoms with E-state index in [4.69, 9.17) is 5.11 Å². The molecule has 1 rings (SSSR count). The highest BCUT2D eigenvalue weighted by atomic mass is 16.3. The molecule has 1 aliphatic rings. The van der Waals surface area contributed by atoms with Crippen molar-refractivity contribution in [1.82, 2.24) is 4.90 Å². The lowest BCUT2D eigenvalue weighted by Gasteiger charge is -2.16. The molecule has 0 bridgehead atoms. The highest BCUT2D eigenvalue weighted by molar-refractivity contribution is 4.75. The fraction of sp³-hybridized carbons (Fsp3) is 1.00. The lowest BCUT2D eigenvalue weighted by molar-refractivity contribution is 0.0654. The zero-order chi connectivity index (χ0) is 8.97. The highest BCUT2D eigenvalue weighted by Crippen LogP contribution is 2.17. The Morgan fingerprint density at radius 3 is 2.58 bits per heavy atom. The average Bonchev–Trinajstić information content (AvgIpc) is 2.27. The van der Waals surface area contributed by atoms with Gasteiger partial charge >= 0.3 is 0 Å². The second kappa shape index (κ2) is 4.80. The van der Waals surface area contributed by atoms with Gasteiger partial charge in [0.05, 0.1) is 6.10 Å². The first-order chi connectivity index (χ1) is 5.77. The molecule has 2 atom stereocenters. The van der Waals surface area contributed by atoms with E-state index in [1.807, 2.05) is 0 Å². The van der Waals surface area contributed by atoms with Gasteiger partial charge in [-0.3, -0.25) is 0 Å². The predicted molar refractivity (Wildman–Crippen MR) is 47.9 cm³/mol. The standard InChI is InChI=1S/C9H19NO2/c1-2-10-5-3-8(7-11)9(12)4-6-10/h8-9,11-12H,2-7H2,1H3/t8-,9-/m0/s1. The van der Waals surface area contributed by atoms with E-state index in [1.54, 1.807) is 0 Å². The number of aliphatic hydroxyl groups excluding tert-OH is 2. The Balaban J connectivity index is 2.41. The normalized spacial score (nSPS) is 33.2. The van der Waals surface area contributed by atoms with Crippen molar-refractivity contribution in [3.8, 4) is 0 Å². The van der Waals surface area contributed by atoms with E-state index in [9.17, 15) is 5.11 Å². The molecular formula is C9H19NO2. The number of aliphatic hydroxyl groups is 2. The maximum absolute atomic E-state index is 9.58. The zero-order valence-corrected chi connectivity index (χ0v) is 7.74. The first-order valence-electron chi connectivity index (χ1n) is 4.79. The van der Waals surface area contributed by atoms with Crippen LogP contribution < -0.4 is 0 Å². The fourth-order valence-electron chi connectivity index (χ4n) is 1.73. The van der Waals surface area contributed by atoms with Crippen LogP contribution in [0.5, 0.6) is 0 Å². The van der Waals surface area contributed by atoms with E-state index in [2.05, 4.69) is 11.8 Å². The SMILES string of the molecule is CCN1CC[C@@H](CO)[C@@H](O)CC1. The monoisotopic (exact) mass is 173 g/mol. The van der Waals surface area contributed by atoms with Crippen molar-refractivity contribution < 1.29 is 10.2 Å². The first kappa shape index (κ1) is 9.96. The highest BCUT2D eigenvalue weighted by Gasteiger charge is 2.22. The Hall–Kier alpha value is -0.120. The van der Waals surface area contributed by atoms with Crippen molar-refractivity contribution >= 4 is 0 Å². The third-order valence-electron chi connectivity index (χ3n) is 2.78. The van der Waals surface area contributed by atoms with Gasteiger partial charge < -0.3 is 15.1 Å². The molecule has 0 radical (unpaired) electrons. The second-order valence-electron chi connectivity index (χ2n) is 3.52. The van der Waals surface area contributed by atoms with Crippen LogP contribution in [0.4, 0.5) is 0 Å². The maximum atomic E-state index is 9.58. The summed E-state index contributed by atoms with van der Waals surface area (Å²) >= 11 is 0. The van der Waals surface area contributed by atoms with Gasteiger partial charge in [-0.2, -0.15) is 0 Å². The van der Waals surface area contributed by atoms with Crippen LogP contribution in [0.1, 0.15) is 19.8 Å². The average molecular weight is 173 g/mol. The molecule has 3 heteroatoms. The Morgan fingerprint density at radius 2 is 2.00 bits per heavy atom. The number of hydrogen-bond donors (Lipinski definition) is 2. The maximum Gasteiger partial charge on any atom is 0.0602 e. The minimum Gasteiger partial charge on any atom is -0.396 e. The van der Waals surface area contributed by atoms with Crippen LogP contribution in [0.3, 0.4) is 0 Å². The fourth-order valence-corrected chi connectivity index (χ4v) is 1.73. The van der Waals surface area contributed by atoms with Crippen LogP contribution in [0.15, 0.2) is 0 Å². The van der Waals surface area contributed by atoms with Crippen LogP contribution in [0, 0.1) is 5.92 Å². The summed E-state index contributed by atoms with van der Waals surface area (Å²) in [6, 6.07) is 0. The van der Waals surface area contributed by atoms with Crippen LogP contribution in [-0.2, 0) is 0 Å². The van der Waals surface area contributed by atoms with Gasteiger partial charge in [0.15, 0.2) is 0 Å². The summed E-state index contributed by atoms with van der Waals surface area (Å²) in [6.07, 6.45) is 1.43. The summed E-state index contributed by atoms with van der Waals surface area (Å²) in [7, 11) is 0. The van der Waals surface area contributed by atoms with Crippen molar-refractivity contribution in [3.05, 3.63) is 0 Å². The number of hydrogen-bond acceptors (Lipinski definition) is 3. The Morgan fingerprint density at radius 1 is 1.33 bits per heavy atom. The summed E-state index contributed by atoms with van der Waals surface area (Å²) in [4.78, 5) is 2.32. The van der Waals surface area contributed by atoms with E-state index >= 15 is 0 Å². The van der Waals surface area contributed by atoms with Gasteiger partial charge in [-0.05, 0) is 25.9 Å². The summed E-state index contributed by atoms with van der Waals surface area (Å²) in [5.41, 5.74) is 0. The van der Waals surface area contributed by atoms with E-state index < -0.39 is 0 Å². The van der Waals surface area contributed by atoms with Crippen LogP contribution in [0.25, 0.3) is 0 Å². The third-order valence-corrected chi connectivity index (χ3v) is 2.78. The molecule has 0 unspecified atom stereocenters.